The Kier molecular flexibility index (Phi) is 5.34. The summed E-state index contributed by atoms with van der Waals surface area (Å²) in [5.41, 5.74) is -0.335. The average molecular weight is 326 g/mol. The van der Waals surface area contributed by atoms with E-state index in [0.717, 1.165) is 11.3 Å². The summed E-state index contributed by atoms with van der Waals surface area (Å²) in [6.45, 7) is 4.54. The van der Waals surface area contributed by atoms with E-state index < -0.39 is 5.60 Å². The second-order valence-electron chi connectivity index (χ2n) is 6.46. The van der Waals surface area contributed by atoms with Crippen molar-refractivity contribution in [1.29, 1.82) is 0 Å². The van der Waals surface area contributed by atoms with Gasteiger partial charge in [0.1, 0.15) is 5.82 Å². The van der Waals surface area contributed by atoms with E-state index in [1.807, 2.05) is 19.9 Å². The van der Waals surface area contributed by atoms with Gasteiger partial charge in [-0.3, -0.25) is 0 Å². The molecule has 22 heavy (non-hydrogen) atoms. The largest absolute Gasteiger partial charge is 0.387 e. The van der Waals surface area contributed by atoms with Gasteiger partial charge < -0.3 is 15.7 Å². The van der Waals surface area contributed by atoms with E-state index in [9.17, 15) is 14.3 Å². The first-order valence-electron chi connectivity index (χ1n) is 7.39. The molecule has 2 rings (SSSR count). The van der Waals surface area contributed by atoms with Crippen molar-refractivity contribution in [2.24, 2.45) is 0 Å². The molecule has 1 aliphatic heterocycles. The first-order valence-corrected chi connectivity index (χ1v) is 8.54. The zero-order chi connectivity index (χ0) is 16.2. The zero-order valence-electron chi connectivity index (χ0n) is 13.0. The van der Waals surface area contributed by atoms with Gasteiger partial charge in [0.25, 0.3) is 0 Å². The van der Waals surface area contributed by atoms with E-state index in [1.165, 1.54) is 12.1 Å². The fraction of sp³-hybridized carbons (Fsp3) is 0.562. The van der Waals surface area contributed by atoms with Crippen molar-refractivity contribution in [1.82, 2.24) is 10.6 Å². The summed E-state index contributed by atoms with van der Waals surface area (Å²) >= 11 is 1.69. The maximum absolute atomic E-state index is 13.3. The second kappa shape index (κ2) is 6.87. The quantitative estimate of drug-likeness (QED) is 0.778. The van der Waals surface area contributed by atoms with Crippen LogP contribution in [-0.4, -0.2) is 41.3 Å². The van der Waals surface area contributed by atoms with Crippen LogP contribution in [0.5, 0.6) is 0 Å². The number of rotatable bonds is 5. The zero-order valence-corrected chi connectivity index (χ0v) is 13.8. The molecule has 122 valence electrons. The average Bonchev–Trinajstić information content (AvgIpc) is 2.90. The van der Waals surface area contributed by atoms with Crippen LogP contribution < -0.4 is 10.6 Å². The highest BCUT2D eigenvalue weighted by molar-refractivity contribution is 7.99. The van der Waals surface area contributed by atoms with E-state index in [2.05, 4.69) is 10.6 Å². The molecule has 6 heteroatoms. The molecule has 0 saturated carbocycles. The lowest BCUT2D eigenvalue weighted by molar-refractivity contribution is 0.0699. The number of hydrogen-bond acceptors (Lipinski definition) is 3. The number of benzene rings is 1. The monoisotopic (exact) mass is 326 g/mol. The number of thioether (sulfide) groups is 1. The van der Waals surface area contributed by atoms with Gasteiger partial charge in [-0.2, -0.15) is 11.8 Å². The number of hydrogen-bond donors (Lipinski definition) is 3. The summed E-state index contributed by atoms with van der Waals surface area (Å²) in [5, 5.41) is 15.7. The lowest BCUT2D eigenvalue weighted by atomic mass is 9.84. The summed E-state index contributed by atoms with van der Waals surface area (Å²) in [6, 6.07) is 6.09. The van der Waals surface area contributed by atoms with Crippen molar-refractivity contribution in [3.63, 3.8) is 0 Å². The lowest BCUT2D eigenvalue weighted by Gasteiger charge is -2.27. The van der Waals surface area contributed by atoms with Crippen LogP contribution in [0.25, 0.3) is 0 Å². The molecule has 0 aliphatic carbocycles. The van der Waals surface area contributed by atoms with E-state index in [1.54, 1.807) is 17.8 Å². The molecule has 1 unspecified atom stereocenters. The predicted octanol–water partition coefficient (Wildman–Crippen LogP) is 2.27. The maximum Gasteiger partial charge on any atom is 0.314 e. The smallest absolute Gasteiger partial charge is 0.314 e. The topological polar surface area (TPSA) is 61.4 Å². The molecule has 3 N–H and O–H groups in total. The van der Waals surface area contributed by atoms with Gasteiger partial charge in [-0.25, -0.2) is 9.18 Å². The highest BCUT2D eigenvalue weighted by Crippen LogP contribution is 2.27. The molecule has 2 amide bonds. The Bertz CT molecular complexity index is 531. The number of amides is 2. The van der Waals surface area contributed by atoms with Crippen molar-refractivity contribution >= 4 is 17.8 Å². The van der Waals surface area contributed by atoms with Gasteiger partial charge in [0, 0.05) is 24.3 Å². The molecule has 0 bridgehead atoms. The Labute approximate surface area is 134 Å². The number of nitrogens with one attached hydrogen (secondary N) is 2. The van der Waals surface area contributed by atoms with E-state index in [0.29, 0.717) is 18.7 Å². The van der Waals surface area contributed by atoms with Gasteiger partial charge in [0.15, 0.2) is 0 Å². The third kappa shape index (κ3) is 4.61. The molecular weight excluding hydrogens is 303 g/mol. The first kappa shape index (κ1) is 17.1. The van der Waals surface area contributed by atoms with Gasteiger partial charge >= 0.3 is 6.03 Å². The summed E-state index contributed by atoms with van der Waals surface area (Å²) in [4.78, 5) is 11.9. The fourth-order valence-corrected chi connectivity index (χ4v) is 3.65. The minimum atomic E-state index is -0.792. The van der Waals surface area contributed by atoms with Crippen LogP contribution in [0.4, 0.5) is 9.18 Å². The van der Waals surface area contributed by atoms with Crippen LogP contribution in [0, 0.1) is 5.82 Å². The van der Waals surface area contributed by atoms with E-state index >= 15 is 0 Å². The van der Waals surface area contributed by atoms with Gasteiger partial charge in [0.2, 0.25) is 0 Å². The molecule has 0 spiro atoms. The normalized spacial score (nSPS) is 21.6. The molecule has 0 aromatic heterocycles. The first-order chi connectivity index (χ1) is 10.3. The molecule has 1 aromatic carbocycles. The summed E-state index contributed by atoms with van der Waals surface area (Å²) in [7, 11) is 0. The predicted molar refractivity (Wildman–Crippen MR) is 87.7 cm³/mol. The molecule has 1 aromatic rings. The SMILES string of the molecule is CC(C)(CNC(=O)NCC1(O)CCSC1)c1cccc(F)c1. The third-order valence-electron chi connectivity index (χ3n) is 3.96. The van der Waals surface area contributed by atoms with Crippen LogP contribution in [0.15, 0.2) is 24.3 Å². The summed E-state index contributed by atoms with van der Waals surface area (Å²) in [6.07, 6.45) is 0.701. The van der Waals surface area contributed by atoms with Crippen LogP contribution in [-0.2, 0) is 5.41 Å². The minimum Gasteiger partial charge on any atom is -0.387 e. The number of carbonyl (C=O) groups is 1. The van der Waals surface area contributed by atoms with Crippen molar-refractivity contribution in [2.45, 2.75) is 31.3 Å². The van der Waals surface area contributed by atoms with Crippen LogP contribution >= 0.6 is 11.8 Å². The molecule has 1 atom stereocenters. The molecule has 1 aliphatic rings. The molecule has 4 nitrogen and oxygen atoms in total. The lowest BCUT2D eigenvalue weighted by Crippen LogP contribution is -2.48. The van der Waals surface area contributed by atoms with Gasteiger partial charge in [0.05, 0.1) is 5.60 Å². The van der Waals surface area contributed by atoms with Crippen LogP contribution in [0.1, 0.15) is 25.8 Å². The fourth-order valence-electron chi connectivity index (χ4n) is 2.36. The number of carbonyl (C=O) groups excluding carboxylic acids is 1. The number of halogens is 1. The molecule has 1 fully saturated rings. The standard InChI is InChI=1S/C16H23FN2O2S/c1-15(2,12-4-3-5-13(17)8-12)9-18-14(20)19-10-16(21)6-7-22-11-16/h3-5,8,21H,6-7,9-11H2,1-2H3,(H2,18,19,20). The van der Waals surface area contributed by atoms with Crippen molar-refractivity contribution in [2.75, 3.05) is 24.6 Å². The van der Waals surface area contributed by atoms with Crippen LogP contribution in [0.3, 0.4) is 0 Å². The van der Waals surface area contributed by atoms with Gasteiger partial charge in [-0.15, -0.1) is 0 Å². The number of aliphatic hydroxyl groups is 1. The summed E-state index contributed by atoms with van der Waals surface area (Å²) < 4.78 is 13.3. The van der Waals surface area contributed by atoms with E-state index in [4.69, 9.17) is 0 Å². The number of urea groups is 1. The Hall–Kier alpha value is -1.27. The van der Waals surface area contributed by atoms with Gasteiger partial charge in [-0.05, 0) is 29.9 Å². The Morgan fingerprint density at radius 3 is 2.86 bits per heavy atom. The minimum absolute atomic E-state index is 0.256. The van der Waals surface area contributed by atoms with Crippen molar-refractivity contribution < 1.29 is 14.3 Å². The molecule has 0 radical (unpaired) electrons. The van der Waals surface area contributed by atoms with Gasteiger partial charge in [-0.1, -0.05) is 26.0 Å². The third-order valence-corrected chi connectivity index (χ3v) is 5.19. The molecule has 1 heterocycles. The van der Waals surface area contributed by atoms with E-state index in [-0.39, 0.29) is 23.8 Å². The summed E-state index contributed by atoms with van der Waals surface area (Å²) in [5.74, 6) is 1.30. The Morgan fingerprint density at radius 1 is 1.45 bits per heavy atom. The Morgan fingerprint density at radius 2 is 2.23 bits per heavy atom. The van der Waals surface area contributed by atoms with Crippen molar-refractivity contribution in [3.8, 4) is 0 Å². The molecule has 1 saturated heterocycles. The second-order valence-corrected chi connectivity index (χ2v) is 7.56. The Balaban J connectivity index is 1.82. The highest BCUT2D eigenvalue weighted by atomic mass is 32.2. The van der Waals surface area contributed by atoms with Crippen molar-refractivity contribution in [3.05, 3.63) is 35.6 Å². The maximum atomic E-state index is 13.3. The molecular formula is C16H23FN2O2S. The highest BCUT2D eigenvalue weighted by Gasteiger charge is 2.32. The van der Waals surface area contributed by atoms with Crippen LogP contribution in [0.2, 0.25) is 0 Å².